The van der Waals surface area contributed by atoms with Crippen molar-refractivity contribution in [1.29, 1.82) is 0 Å². The van der Waals surface area contributed by atoms with Crippen LogP contribution in [-0.4, -0.2) is 9.55 Å². The second kappa shape index (κ2) is 4.87. The van der Waals surface area contributed by atoms with Crippen LogP contribution in [-0.2, 0) is 13.1 Å². The molecule has 0 aliphatic rings. The minimum absolute atomic E-state index is 0.334. The maximum Gasteiger partial charge on any atom is 0.166 e. The molecule has 0 atom stereocenters. The number of hydrogen-bond acceptors (Lipinski definition) is 2. The molecule has 16 heavy (non-hydrogen) atoms. The average Bonchev–Trinajstić information content (AvgIpc) is 2.62. The Labute approximate surface area is 104 Å². The van der Waals surface area contributed by atoms with Crippen molar-refractivity contribution >= 4 is 23.2 Å². The molecule has 0 amide bonds. The lowest BCUT2D eigenvalue weighted by Crippen LogP contribution is -2.00. The van der Waals surface area contributed by atoms with Crippen LogP contribution < -0.4 is 5.73 Å². The van der Waals surface area contributed by atoms with Crippen molar-refractivity contribution < 1.29 is 0 Å². The molecule has 0 fully saturated rings. The first kappa shape index (κ1) is 11.5. The van der Waals surface area contributed by atoms with Crippen LogP contribution in [0.15, 0.2) is 30.6 Å². The van der Waals surface area contributed by atoms with Gasteiger partial charge < -0.3 is 10.3 Å². The molecule has 84 valence electrons. The van der Waals surface area contributed by atoms with E-state index in [0.717, 1.165) is 11.1 Å². The quantitative estimate of drug-likeness (QED) is 0.917. The van der Waals surface area contributed by atoms with E-state index in [1.54, 1.807) is 10.9 Å². The molecule has 0 bridgehead atoms. The summed E-state index contributed by atoms with van der Waals surface area (Å²) in [5.74, 6) is 0. The normalized spacial score (nSPS) is 10.7. The van der Waals surface area contributed by atoms with Crippen LogP contribution in [0.5, 0.6) is 0 Å². The van der Waals surface area contributed by atoms with Crippen LogP contribution in [0.1, 0.15) is 11.1 Å². The van der Waals surface area contributed by atoms with Gasteiger partial charge in [-0.25, -0.2) is 4.98 Å². The summed E-state index contributed by atoms with van der Waals surface area (Å²) in [6.07, 6.45) is 1.63. The topological polar surface area (TPSA) is 43.8 Å². The zero-order valence-corrected chi connectivity index (χ0v) is 10.0. The zero-order chi connectivity index (χ0) is 11.5. The third-order valence-corrected chi connectivity index (χ3v) is 3.11. The minimum Gasteiger partial charge on any atom is -0.326 e. The Hall–Kier alpha value is -1.03. The number of rotatable bonds is 3. The number of aromatic nitrogens is 2. The summed E-state index contributed by atoms with van der Waals surface area (Å²) in [6.45, 7) is 1.21. The fourth-order valence-corrected chi connectivity index (χ4v) is 1.73. The second-order valence-electron chi connectivity index (χ2n) is 3.47. The standard InChI is InChI=1S/C11H11Cl2N3/c12-10-11(13)16(7-15-10)6-9-3-1-8(5-14)2-4-9/h1-4,7H,5-6,14H2. The summed E-state index contributed by atoms with van der Waals surface area (Å²) in [6, 6.07) is 8.04. The zero-order valence-electron chi connectivity index (χ0n) is 8.53. The van der Waals surface area contributed by atoms with Gasteiger partial charge in [0.25, 0.3) is 0 Å². The van der Waals surface area contributed by atoms with Crippen molar-refractivity contribution in [3.8, 4) is 0 Å². The SMILES string of the molecule is NCc1ccc(Cn2cnc(Cl)c2Cl)cc1. The number of benzene rings is 1. The molecule has 5 heteroatoms. The van der Waals surface area contributed by atoms with Crippen molar-refractivity contribution in [2.24, 2.45) is 5.73 Å². The number of halogens is 2. The van der Waals surface area contributed by atoms with Gasteiger partial charge in [-0.2, -0.15) is 0 Å². The van der Waals surface area contributed by atoms with E-state index in [2.05, 4.69) is 4.98 Å². The van der Waals surface area contributed by atoms with E-state index in [9.17, 15) is 0 Å². The van der Waals surface area contributed by atoms with Gasteiger partial charge in [-0.3, -0.25) is 0 Å². The van der Waals surface area contributed by atoms with Crippen molar-refractivity contribution in [2.75, 3.05) is 0 Å². The van der Waals surface area contributed by atoms with E-state index in [4.69, 9.17) is 28.9 Å². The average molecular weight is 256 g/mol. The van der Waals surface area contributed by atoms with Gasteiger partial charge in [0, 0.05) is 13.1 Å². The van der Waals surface area contributed by atoms with Gasteiger partial charge in [-0.05, 0) is 11.1 Å². The molecule has 0 aliphatic carbocycles. The predicted molar refractivity (Wildman–Crippen MR) is 65.7 cm³/mol. The van der Waals surface area contributed by atoms with E-state index < -0.39 is 0 Å². The Balaban J connectivity index is 2.17. The Morgan fingerprint density at radius 1 is 1.12 bits per heavy atom. The molecule has 2 rings (SSSR count). The highest BCUT2D eigenvalue weighted by atomic mass is 35.5. The molecule has 3 nitrogen and oxygen atoms in total. The number of imidazole rings is 1. The molecule has 1 aromatic heterocycles. The Morgan fingerprint density at radius 3 is 2.25 bits per heavy atom. The van der Waals surface area contributed by atoms with Crippen molar-refractivity contribution in [3.05, 3.63) is 52.0 Å². The van der Waals surface area contributed by atoms with Crippen LogP contribution in [0.25, 0.3) is 0 Å². The summed E-state index contributed by atoms with van der Waals surface area (Å²) >= 11 is 11.7. The summed E-state index contributed by atoms with van der Waals surface area (Å²) in [7, 11) is 0. The predicted octanol–water partition coefficient (Wildman–Crippen LogP) is 2.70. The lowest BCUT2D eigenvalue weighted by molar-refractivity contribution is 0.797. The molecule has 0 spiro atoms. The van der Waals surface area contributed by atoms with E-state index in [1.807, 2.05) is 24.3 Å². The van der Waals surface area contributed by atoms with Crippen molar-refractivity contribution in [1.82, 2.24) is 9.55 Å². The van der Waals surface area contributed by atoms with Crippen molar-refractivity contribution in [3.63, 3.8) is 0 Å². The smallest absolute Gasteiger partial charge is 0.166 e. The third-order valence-electron chi connectivity index (χ3n) is 2.34. The molecule has 1 aromatic carbocycles. The van der Waals surface area contributed by atoms with E-state index in [0.29, 0.717) is 23.4 Å². The Morgan fingerprint density at radius 2 is 1.75 bits per heavy atom. The summed E-state index contributed by atoms with van der Waals surface area (Å²) in [4.78, 5) is 3.92. The Kier molecular flexibility index (Phi) is 3.49. The molecule has 2 N–H and O–H groups in total. The number of hydrogen-bond donors (Lipinski definition) is 1. The maximum atomic E-state index is 5.97. The monoisotopic (exact) mass is 255 g/mol. The maximum absolute atomic E-state index is 5.97. The van der Waals surface area contributed by atoms with Gasteiger partial charge in [-0.15, -0.1) is 0 Å². The molecule has 0 aliphatic heterocycles. The minimum atomic E-state index is 0.334. The third kappa shape index (κ3) is 2.38. The highest BCUT2D eigenvalue weighted by molar-refractivity contribution is 6.40. The van der Waals surface area contributed by atoms with E-state index in [1.165, 1.54) is 0 Å². The van der Waals surface area contributed by atoms with Crippen LogP contribution in [0.4, 0.5) is 0 Å². The molecular weight excluding hydrogens is 245 g/mol. The van der Waals surface area contributed by atoms with E-state index >= 15 is 0 Å². The lowest BCUT2D eigenvalue weighted by atomic mass is 10.1. The first-order chi connectivity index (χ1) is 7.70. The first-order valence-corrected chi connectivity index (χ1v) is 5.60. The van der Waals surface area contributed by atoms with Gasteiger partial charge in [0.05, 0.1) is 6.33 Å². The van der Waals surface area contributed by atoms with Crippen LogP contribution in [0.3, 0.4) is 0 Å². The van der Waals surface area contributed by atoms with Crippen LogP contribution >= 0.6 is 23.2 Å². The summed E-state index contributed by atoms with van der Waals surface area (Å²) < 4.78 is 1.79. The molecule has 0 saturated carbocycles. The molecule has 2 aromatic rings. The van der Waals surface area contributed by atoms with Crippen LogP contribution in [0.2, 0.25) is 10.3 Å². The van der Waals surface area contributed by atoms with Gasteiger partial charge in [0.1, 0.15) is 5.15 Å². The fraction of sp³-hybridized carbons (Fsp3) is 0.182. The molecule has 0 unspecified atom stereocenters. The Bertz CT molecular complexity index is 476. The molecule has 1 heterocycles. The number of nitrogens with zero attached hydrogens (tertiary/aromatic N) is 2. The lowest BCUT2D eigenvalue weighted by Gasteiger charge is -2.05. The van der Waals surface area contributed by atoms with Crippen LogP contribution in [0, 0.1) is 0 Å². The highest BCUT2D eigenvalue weighted by Gasteiger charge is 2.06. The molecule has 0 radical (unpaired) electrons. The van der Waals surface area contributed by atoms with Crippen molar-refractivity contribution in [2.45, 2.75) is 13.1 Å². The van der Waals surface area contributed by atoms with Gasteiger partial charge in [-0.1, -0.05) is 47.5 Å². The molecule has 0 saturated heterocycles. The fourth-order valence-electron chi connectivity index (χ4n) is 1.43. The van der Waals surface area contributed by atoms with Gasteiger partial charge in [0.15, 0.2) is 5.15 Å². The summed E-state index contributed by atoms with van der Waals surface area (Å²) in [5.41, 5.74) is 7.77. The van der Waals surface area contributed by atoms with Gasteiger partial charge >= 0.3 is 0 Å². The van der Waals surface area contributed by atoms with Gasteiger partial charge in [0.2, 0.25) is 0 Å². The molecular formula is C11H11Cl2N3. The highest BCUT2D eigenvalue weighted by Crippen LogP contribution is 2.20. The largest absolute Gasteiger partial charge is 0.326 e. The second-order valence-corrected chi connectivity index (χ2v) is 4.19. The first-order valence-electron chi connectivity index (χ1n) is 4.84. The number of nitrogens with two attached hydrogens (primary N) is 1. The summed E-state index contributed by atoms with van der Waals surface area (Å²) in [5, 5.41) is 0.796. The van der Waals surface area contributed by atoms with E-state index in [-0.39, 0.29) is 0 Å².